The average Bonchev–Trinajstić information content (AvgIpc) is 3.51. The Morgan fingerprint density at radius 2 is 1.66 bits per heavy atom. The van der Waals surface area contributed by atoms with Crippen molar-refractivity contribution in [1.82, 2.24) is 20.4 Å². The molecule has 2 N–H and O–H groups in total. The molecule has 2 atom stereocenters. The lowest BCUT2D eigenvalue weighted by Crippen LogP contribution is -2.52. The Morgan fingerprint density at radius 3 is 2.29 bits per heavy atom. The van der Waals surface area contributed by atoms with Gasteiger partial charge in [0.05, 0.1) is 12.6 Å². The first-order chi connectivity index (χ1) is 18.1. The zero-order chi connectivity index (χ0) is 27.7. The van der Waals surface area contributed by atoms with Crippen LogP contribution in [0.2, 0.25) is 0 Å². The van der Waals surface area contributed by atoms with Crippen LogP contribution >= 0.6 is 11.3 Å². The van der Waals surface area contributed by atoms with E-state index in [1.54, 1.807) is 0 Å². The number of benzene rings is 1. The fourth-order valence-corrected chi connectivity index (χ4v) is 4.48. The molecule has 0 unspecified atom stereocenters. The van der Waals surface area contributed by atoms with Crippen molar-refractivity contribution < 1.29 is 23.5 Å². The standard InChI is InChI=1S/C27H34N4O6S/c1-17(2)13-21(23(32)25-30-31(27(35)37-25)15-20-11-8-12-38-20)28-24(33)22(14-18(3)4)29-26(34)36-16-19-9-6-5-7-10-19/h5-12,17-18,21-22H,13-16H2,1-4H3,(H,28,33)(H,29,34)/t21-,22-/m0/s1. The van der Waals surface area contributed by atoms with E-state index in [-0.39, 0.29) is 30.9 Å². The van der Waals surface area contributed by atoms with E-state index >= 15 is 0 Å². The second-order valence-corrected chi connectivity index (χ2v) is 10.9. The zero-order valence-corrected chi connectivity index (χ0v) is 22.8. The maximum Gasteiger partial charge on any atom is 0.437 e. The Morgan fingerprint density at radius 1 is 0.974 bits per heavy atom. The highest BCUT2D eigenvalue weighted by atomic mass is 32.1. The summed E-state index contributed by atoms with van der Waals surface area (Å²) in [5.41, 5.74) is 0.815. The number of rotatable bonds is 13. The molecule has 0 aliphatic carbocycles. The Kier molecular flexibility index (Phi) is 10.4. The van der Waals surface area contributed by atoms with Gasteiger partial charge in [-0.1, -0.05) is 64.1 Å². The van der Waals surface area contributed by atoms with Gasteiger partial charge in [0, 0.05) is 4.88 Å². The minimum Gasteiger partial charge on any atom is -0.445 e. The Labute approximate surface area is 225 Å². The van der Waals surface area contributed by atoms with E-state index in [2.05, 4.69) is 15.7 Å². The molecule has 0 aliphatic heterocycles. The summed E-state index contributed by atoms with van der Waals surface area (Å²) in [5, 5.41) is 11.3. The summed E-state index contributed by atoms with van der Waals surface area (Å²) in [6, 6.07) is 11.0. The summed E-state index contributed by atoms with van der Waals surface area (Å²) < 4.78 is 11.5. The number of aromatic nitrogens is 2. The molecule has 2 aromatic heterocycles. The van der Waals surface area contributed by atoms with Crippen LogP contribution in [0, 0.1) is 11.8 Å². The van der Waals surface area contributed by atoms with Gasteiger partial charge in [0.1, 0.15) is 12.6 Å². The average molecular weight is 543 g/mol. The first-order valence-corrected chi connectivity index (χ1v) is 13.4. The predicted molar refractivity (Wildman–Crippen MR) is 143 cm³/mol. The van der Waals surface area contributed by atoms with E-state index in [1.165, 1.54) is 11.3 Å². The van der Waals surface area contributed by atoms with Crippen LogP contribution in [0.1, 0.15) is 61.7 Å². The SMILES string of the molecule is CC(C)C[C@H](NC(=O)OCc1ccccc1)C(=O)N[C@@H](CC(C)C)C(=O)c1nn(Cc2cccs2)c(=O)o1. The lowest BCUT2D eigenvalue weighted by Gasteiger charge is -2.24. The molecular formula is C27H34N4O6S. The highest BCUT2D eigenvalue weighted by Crippen LogP contribution is 2.13. The fourth-order valence-electron chi connectivity index (χ4n) is 3.79. The van der Waals surface area contributed by atoms with E-state index in [1.807, 2.05) is 75.5 Å². The van der Waals surface area contributed by atoms with Crippen LogP contribution in [0.15, 0.2) is 57.1 Å². The van der Waals surface area contributed by atoms with E-state index < -0.39 is 35.6 Å². The van der Waals surface area contributed by atoms with Gasteiger partial charge in [0.2, 0.25) is 11.7 Å². The molecule has 0 spiro atoms. The lowest BCUT2D eigenvalue weighted by molar-refractivity contribution is -0.124. The van der Waals surface area contributed by atoms with Gasteiger partial charge in [-0.15, -0.1) is 16.4 Å². The number of thiophene rings is 1. The number of ether oxygens (including phenoxy) is 1. The Balaban J connectivity index is 1.70. The quantitative estimate of drug-likeness (QED) is 0.312. The zero-order valence-electron chi connectivity index (χ0n) is 22.0. The van der Waals surface area contributed by atoms with E-state index in [9.17, 15) is 19.2 Å². The Hall–Kier alpha value is -3.73. The number of nitrogens with zero attached hydrogens (tertiary/aromatic N) is 2. The minimum atomic E-state index is -0.993. The number of amides is 2. The van der Waals surface area contributed by atoms with Crippen molar-refractivity contribution in [3.63, 3.8) is 0 Å². The maximum absolute atomic E-state index is 13.3. The number of ketones is 1. The number of alkyl carbamates (subject to hydrolysis) is 1. The molecule has 2 amide bonds. The van der Waals surface area contributed by atoms with Gasteiger partial charge in [0.25, 0.3) is 5.89 Å². The summed E-state index contributed by atoms with van der Waals surface area (Å²) >= 11 is 1.45. The van der Waals surface area contributed by atoms with Crippen molar-refractivity contribution in [3.8, 4) is 0 Å². The van der Waals surface area contributed by atoms with E-state index in [0.29, 0.717) is 12.8 Å². The molecule has 2 heterocycles. The highest BCUT2D eigenvalue weighted by molar-refractivity contribution is 7.09. The van der Waals surface area contributed by atoms with Crippen LogP contribution in [0.5, 0.6) is 0 Å². The van der Waals surface area contributed by atoms with Gasteiger partial charge in [-0.3, -0.25) is 9.59 Å². The van der Waals surface area contributed by atoms with Crippen molar-refractivity contribution >= 4 is 29.1 Å². The first-order valence-electron chi connectivity index (χ1n) is 12.5. The number of Topliss-reactive ketones (excluding diaryl/α,β-unsaturated/α-hetero) is 1. The van der Waals surface area contributed by atoms with E-state index in [0.717, 1.165) is 15.1 Å². The van der Waals surface area contributed by atoms with Crippen molar-refractivity contribution in [3.05, 3.63) is 74.7 Å². The van der Waals surface area contributed by atoms with Crippen molar-refractivity contribution in [1.29, 1.82) is 0 Å². The molecule has 11 heteroatoms. The number of nitrogens with one attached hydrogen (secondary N) is 2. The normalized spacial score (nSPS) is 12.8. The molecule has 1 aromatic carbocycles. The number of hydrogen-bond donors (Lipinski definition) is 2. The van der Waals surface area contributed by atoms with Crippen molar-refractivity contribution in [2.45, 2.75) is 65.8 Å². The Bertz CT molecular complexity index is 1250. The summed E-state index contributed by atoms with van der Waals surface area (Å²) in [6.45, 7) is 7.89. The smallest absolute Gasteiger partial charge is 0.437 e. The predicted octanol–water partition coefficient (Wildman–Crippen LogP) is 4.00. The highest BCUT2D eigenvalue weighted by Gasteiger charge is 2.31. The van der Waals surface area contributed by atoms with Gasteiger partial charge in [0.15, 0.2) is 0 Å². The summed E-state index contributed by atoms with van der Waals surface area (Å²) in [4.78, 5) is 52.2. The van der Waals surface area contributed by atoms with Crippen molar-refractivity contribution in [2.24, 2.45) is 11.8 Å². The number of carbonyl (C=O) groups excluding carboxylic acids is 3. The molecule has 0 saturated carbocycles. The van der Waals surface area contributed by atoms with Gasteiger partial charge in [-0.25, -0.2) is 9.59 Å². The molecule has 0 saturated heterocycles. The van der Waals surface area contributed by atoms with Crippen LogP contribution in [-0.2, 0) is 22.7 Å². The molecular weight excluding hydrogens is 508 g/mol. The van der Waals surface area contributed by atoms with E-state index in [4.69, 9.17) is 9.15 Å². The summed E-state index contributed by atoms with van der Waals surface area (Å²) in [7, 11) is 0. The first kappa shape index (κ1) is 28.8. The molecule has 0 radical (unpaired) electrons. The van der Waals surface area contributed by atoms with Gasteiger partial charge in [-0.05, 0) is 41.7 Å². The molecule has 10 nitrogen and oxygen atoms in total. The molecule has 38 heavy (non-hydrogen) atoms. The largest absolute Gasteiger partial charge is 0.445 e. The van der Waals surface area contributed by atoms with Gasteiger partial charge >= 0.3 is 11.8 Å². The molecule has 0 aliphatic rings. The van der Waals surface area contributed by atoms with Crippen LogP contribution in [0.4, 0.5) is 4.79 Å². The summed E-state index contributed by atoms with van der Waals surface area (Å²) in [5.74, 6) is -2.15. The number of hydrogen-bond acceptors (Lipinski definition) is 8. The number of carbonyl (C=O) groups is 3. The topological polar surface area (TPSA) is 133 Å². The second kappa shape index (κ2) is 13.7. The lowest BCUT2D eigenvalue weighted by atomic mass is 9.98. The second-order valence-electron chi connectivity index (χ2n) is 9.85. The molecule has 204 valence electrons. The van der Waals surface area contributed by atoms with Crippen molar-refractivity contribution in [2.75, 3.05) is 0 Å². The van der Waals surface area contributed by atoms with Gasteiger partial charge in [-0.2, -0.15) is 4.68 Å². The van der Waals surface area contributed by atoms with Gasteiger partial charge < -0.3 is 19.8 Å². The molecule has 3 rings (SSSR count). The molecule has 0 bridgehead atoms. The molecule has 0 fully saturated rings. The van der Waals surface area contributed by atoms with Crippen LogP contribution < -0.4 is 16.4 Å². The fraction of sp³-hybridized carbons (Fsp3) is 0.444. The van der Waals surface area contributed by atoms with Crippen LogP contribution in [0.3, 0.4) is 0 Å². The van der Waals surface area contributed by atoms with Crippen LogP contribution in [-0.4, -0.2) is 39.6 Å². The third kappa shape index (κ3) is 8.69. The monoisotopic (exact) mass is 542 g/mol. The third-order valence-corrected chi connectivity index (χ3v) is 6.43. The minimum absolute atomic E-state index is 0.0384. The van der Waals surface area contributed by atoms with Crippen LogP contribution in [0.25, 0.3) is 0 Å². The maximum atomic E-state index is 13.3. The molecule has 3 aromatic rings. The summed E-state index contributed by atoms with van der Waals surface area (Å²) in [6.07, 6.45) is -0.113. The third-order valence-electron chi connectivity index (χ3n) is 5.57.